The Morgan fingerprint density at radius 3 is 1.00 bits per heavy atom. The van der Waals surface area contributed by atoms with Crippen LogP contribution in [0.15, 0.2) is 0 Å². The zero-order valence-corrected chi connectivity index (χ0v) is 7.25. The molecule has 1 nitrogen and oxygen atoms in total. The predicted molar refractivity (Wildman–Crippen MR) is 20.9 cm³/mol. The quantitative estimate of drug-likeness (QED) is 0.589. The molecule has 0 aromatic rings. The summed E-state index contributed by atoms with van der Waals surface area (Å²) in [7, 11) is 0. The third kappa shape index (κ3) is 10.3. The number of rotatable bonds is 0. The molecule has 0 aliphatic rings. The third-order valence-corrected chi connectivity index (χ3v) is 0. The second kappa shape index (κ2) is 27.7. The molecule has 0 aliphatic carbocycles. The molecule has 0 rings (SSSR count). The summed E-state index contributed by atoms with van der Waals surface area (Å²) in [5.74, 6) is 0. The second-order valence-corrected chi connectivity index (χ2v) is 0. The molecule has 0 saturated carbocycles. The molecule has 0 N–H and O–H groups in total. The first-order chi connectivity index (χ1) is 1.00. The molecule has 0 aliphatic heterocycles. The van der Waals surface area contributed by atoms with E-state index in [2.05, 4.69) is 0 Å². The Labute approximate surface area is 53.1 Å². The standard InChI is InChI=1S/2ClH.O.Pb/h2*1H;;. The number of hydrogen-bond donors (Lipinski definition) is 0. The molecular formula is H2Cl2OPb. The van der Waals surface area contributed by atoms with E-state index in [1.807, 2.05) is 0 Å². The average molecular weight is 296 g/mol. The molecule has 0 heterocycles. The van der Waals surface area contributed by atoms with Gasteiger partial charge in [-0.2, -0.15) is 0 Å². The van der Waals surface area contributed by atoms with Crippen molar-refractivity contribution in [1.82, 2.24) is 0 Å². The summed E-state index contributed by atoms with van der Waals surface area (Å²) in [5, 5.41) is 0. The SMILES string of the molecule is Cl.Cl.[O]=[Pb]. The normalized spacial score (nSPS) is 1.00. The Hall–Kier alpha value is 1.30. The van der Waals surface area contributed by atoms with Crippen molar-refractivity contribution in [2.45, 2.75) is 0 Å². The fourth-order valence-corrected chi connectivity index (χ4v) is 0. The molecule has 0 spiro atoms. The van der Waals surface area contributed by atoms with E-state index in [0.717, 1.165) is 0 Å². The van der Waals surface area contributed by atoms with Crippen molar-refractivity contribution in [3.05, 3.63) is 0 Å². The summed E-state index contributed by atoms with van der Waals surface area (Å²) < 4.78 is 8.39. The first-order valence-electron chi connectivity index (χ1n) is 0.204. The molecule has 0 aromatic heterocycles. The van der Waals surface area contributed by atoms with Crippen LogP contribution in [0.1, 0.15) is 0 Å². The molecular weight excluding hydrogens is 294 g/mol. The van der Waals surface area contributed by atoms with Gasteiger partial charge in [0.1, 0.15) is 0 Å². The second-order valence-electron chi connectivity index (χ2n) is 0. The molecule has 0 fully saturated rings. The van der Waals surface area contributed by atoms with Crippen LogP contribution in [-0.4, -0.2) is 25.8 Å². The summed E-state index contributed by atoms with van der Waals surface area (Å²) in [6.07, 6.45) is 0. The van der Waals surface area contributed by atoms with Crippen LogP contribution in [0.25, 0.3) is 0 Å². The van der Waals surface area contributed by atoms with E-state index in [4.69, 9.17) is 2.69 Å². The Bertz CT molecular complexity index is 6.00. The Balaban J connectivity index is -0.00000000500. The van der Waals surface area contributed by atoms with Gasteiger partial charge in [-0.3, -0.25) is 0 Å². The third-order valence-electron chi connectivity index (χ3n) is 0. The minimum absolute atomic E-state index is 0. The molecule has 0 saturated heterocycles. The Morgan fingerprint density at radius 1 is 1.00 bits per heavy atom. The number of halogens is 2. The van der Waals surface area contributed by atoms with Crippen molar-refractivity contribution < 1.29 is 2.69 Å². The zero-order chi connectivity index (χ0) is 2.00. The average Bonchev–Trinajstić information content (AvgIpc) is 1.00. The maximum absolute atomic E-state index is 8.39. The molecule has 0 amide bonds. The van der Waals surface area contributed by atoms with Crippen LogP contribution < -0.4 is 0 Å². The van der Waals surface area contributed by atoms with E-state index in [0.29, 0.717) is 0 Å². The van der Waals surface area contributed by atoms with Crippen LogP contribution in [0.5, 0.6) is 0 Å². The number of hydrogen-bond acceptors (Lipinski definition) is 1. The van der Waals surface area contributed by atoms with Gasteiger partial charge in [-0.15, -0.1) is 24.8 Å². The van der Waals surface area contributed by atoms with Crippen LogP contribution in [0.4, 0.5) is 0 Å². The topological polar surface area (TPSA) is 17.1 Å². The van der Waals surface area contributed by atoms with Crippen molar-refractivity contribution in [3.8, 4) is 0 Å². The van der Waals surface area contributed by atoms with Crippen molar-refractivity contribution >= 4 is 50.6 Å². The van der Waals surface area contributed by atoms with Crippen LogP contribution in [-0.2, 0) is 2.69 Å². The first kappa shape index (κ1) is 18.5. The summed E-state index contributed by atoms with van der Waals surface area (Å²) in [6, 6.07) is 0. The van der Waals surface area contributed by atoms with Gasteiger partial charge in [0.25, 0.3) is 0 Å². The van der Waals surface area contributed by atoms with Gasteiger partial charge in [0.15, 0.2) is 0 Å². The van der Waals surface area contributed by atoms with Gasteiger partial charge in [0.05, 0.1) is 0 Å². The summed E-state index contributed by atoms with van der Waals surface area (Å²) in [4.78, 5) is 0. The molecule has 0 unspecified atom stereocenters. The van der Waals surface area contributed by atoms with E-state index in [9.17, 15) is 0 Å². The van der Waals surface area contributed by atoms with Gasteiger partial charge in [-0.1, -0.05) is 0 Å². The monoisotopic (exact) mass is 296 g/mol. The van der Waals surface area contributed by atoms with E-state index in [1.165, 1.54) is 0 Å². The molecule has 4 heteroatoms. The molecule has 4 heavy (non-hydrogen) atoms. The van der Waals surface area contributed by atoms with Gasteiger partial charge in [0, 0.05) is 0 Å². The maximum atomic E-state index is 8.39. The van der Waals surface area contributed by atoms with Gasteiger partial charge >= 0.3 is 28.5 Å². The minimum atomic E-state index is 0. The van der Waals surface area contributed by atoms with Gasteiger partial charge in [0.2, 0.25) is 0 Å². The summed E-state index contributed by atoms with van der Waals surface area (Å²) >= 11 is 0.0556. The Kier molecular flexibility index (Phi) is 128. The van der Waals surface area contributed by atoms with E-state index in [1.54, 1.807) is 0 Å². The summed E-state index contributed by atoms with van der Waals surface area (Å²) in [5.41, 5.74) is 0. The van der Waals surface area contributed by atoms with Gasteiger partial charge < -0.3 is 0 Å². The van der Waals surface area contributed by atoms with Crippen LogP contribution in [0.3, 0.4) is 0 Å². The fourth-order valence-electron chi connectivity index (χ4n) is 0. The van der Waals surface area contributed by atoms with Gasteiger partial charge in [-0.05, 0) is 0 Å². The van der Waals surface area contributed by atoms with E-state index >= 15 is 0 Å². The predicted octanol–water partition coefficient (Wildman–Crippen LogP) is 0.344. The molecule has 0 aromatic carbocycles. The molecule has 2 radical (unpaired) electrons. The summed E-state index contributed by atoms with van der Waals surface area (Å²) in [6.45, 7) is 0. The van der Waals surface area contributed by atoms with Crippen molar-refractivity contribution in [2.75, 3.05) is 0 Å². The van der Waals surface area contributed by atoms with E-state index in [-0.39, 0.29) is 50.6 Å². The Morgan fingerprint density at radius 2 is 1.00 bits per heavy atom. The van der Waals surface area contributed by atoms with Crippen LogP contribution in [0, 0.1) is 0 Å². The zero-order valence-electron chi connectivity index (χ0n) is 1.72. The van der Waals surface area contributed by atoms with Crippen LogP contribution >= 0.6 is 24.8 Å². The van der Waals surface area contributed by atoms with E-state index < -0.39 is 0 Å². The van der Waals surface area contributed by atoms with Crippen molar-refractivity contribution in [3.63, 3.8) is 0 Å². The van der Waals surface area contributed by atoms with Gasteiger partial charge in [-0.25, -0.2) is 0 Å². The molecule has 26 valence electrons. The molecule has 0 atom stereocenters. The van der Waals surface area contributed by atoms with Crippen molar-refractivity contribution in [1.29, 1.82) is 0 Å². The van der Waals surface area contributed by atoms with Crippen LogP contribution in [0.2, 0.25) is 0 Å². The fraction of sp³-hybridized carbons (Fsp3) is 0. The molecule has 0 bridgehead atoms. The first-order valence-corrected chi connectivity index (χ1v) is 1.79. The van der Waals surface area contributed by atoms with Crippen molar-refractivity contribution in [2.24, 2.45) is 0 Å².